The van der Waals surface area contributed by atoms with Crippen molar-refractivity contribution in [3.05, 3.63) is 58.9 Å². The summed E-state index contributed by atoms with van der Waals surface area (Å²) < 4.78 is 42.4. The van der Waals surface area contributed by atoms with Gasteiger partial charge in [-0.25, -0.2) is 0 Å². The van der Waals surface area contributed by atoms with Crippen LogP contribution in [0.5, 0.6) is 0 Å². The number of benzene rings is 1. The van der Waals surface area contributed by atoms with Gasteiger partial charge in [-0.15, -0.1) is 0 Å². The molecule has 0 spiro atoms. The van der Waals surface area contributed by atoms with Crippen molar-refractivity contribution in [2.45, 2.75) is 51.0 Å². The summed E-state index contributed by atoms with van der Waals surface area (Å²) >= 11 is 0. The minimum absolute atomic E-state index is 0.0815. The molecular formula is C21H24F3N3O. The average molecular weight is 391 g/mol. The van der Waals surface area contributed by atoms with Crippen LogP contribution in [0.3, 0.4) is 0 Å². The quantitative estimate of drug-likeness (QED) is 0.863. The summed E-state index contributed by atoms with van der Waals surface area (Å²) in [4.78, 5) is 15.1. The fourth-order valence-corrected chi connectivity index (χ4v) is 4.57. The molecule has 0 radical (unpaired) electrons. The van der Waals surface area contributed by atoms with E-state index >= 15 is 0 Å². The summed E-state index contributed by atoms with van der Waals surface area (Å²) in [5.41, 5.74) is 0.624. The number of fused-ring (bicyclic) bond motifs is 1. The van der Waals surface area contributed by atoms with Crippen LogP contribution in [0.15, 0.2) is 36.5 Å². The molecule has 1 aromatic carbocycles. The van der Waals surface area contributed by atoms with Gasteiger partial charge >= 0.3 is 6.18 Å². The molecule has 28 heavy (non-hydrogen) atoms. The molecule has 2 aliphatic heterocycles. The Bertz CT molecular complexity index is 889. The number of nitrogens with one attached hydrogen (secondary N) is 1. The number of likely N-dealkylation sites (tertiary alicyclic amines) is 1. The van der Waals surface area contributed by atoms with Gasteiger partial charge in [-0.2, -0.15) is 13.2 Å². The van der Waals surface area contributed by atoms with Crippen LogP contribution in [0, 0.1) is 0 Å². The van der Waals surface area contributed by atoms with Crippen LogP contribution in [0.25, 0.3) is 0 Å². The fraction of sp³-hybridized carbons (Fsp3) is 0.476. The number of aromatic nitrogens is 1. The summed E-state index contributed by atoms with van der Waals surface area (Å²) in [6, 6.07) is 7.53. The zero-order valence-electron chi connectivity index (χ0n) is 15.9. The van der Waals surface area contributed by atoms with Gasteiger partial charge in [0.1, 0.15) is 0 Å². The third-order valence-corrected chi connectivity index (χ3v) is 6.02. The maximum atomic E-state index is 13.4. The van der Waals surface area contributed by atoms with Crippen LogP contribution in [0.4, 0.5) is 13.2 Å². The number of nitrogens with zero attached hydrogens (tertiary/aromatic N) is 2. The van der Waals surface area contributed by atoms with Crippen molar-refractivity contribution in [2.24, 2.45) is 0 Å². The number of amides is 1. The third kappa shape index (κ3) is 3.32. The van der Waals surface area contributed by atoms with Gasteiger partial charge < -0.3 is 14.8 Å². The first kappa shape index (κ1) is 19.1. The molecule has 1 saturated heterocycles. The lowest BCUT2D eigenvalue weighted by atomic mass is 9.87. The number of hydrogen-bond acceptors (Lipinski definition) is 2. The topological polar surface area (TPSA) is 37.3 Å². The van der Waals surface area contributed by atoms with Gasteiger partial charge in [-0.1, -0.05) is 18.2 Å². The largest absolute Gasteiger partial charge is 0.416 e. The van der Waals surface area contributed by atoms with Gasteiger partial charge in [0.25, 0.3) is 5.91 Å². The molecule has 4 rings (SSSR count). The van der Waals surface area contributed by atoms with Crippen LogP contribution in [-0.4, -0.2) is 34.0 Å². The van der Waals surface area contributed by atoms with Crippen molar-refractivity contribution < 1.29 is 18.0 Å². The highest BCUT2D eigenvalue weighted by molar-refractivity contribution is 5.96. The number of carbonyl (C=O) groups is 1. The Hall–Kier alpha value is -2.28. The van der Waals surface area contributed by atoms with Crippen LogP contribution in [-0.2, 0) is 25.7 Å². The van der Waals surface area contributed by atoms with E-state index in [0.29, 0.717) is 25.1 Å². The van der Waals surface area contributed by atoms with Crippen molar-refractivity contribution in [1.82, 2.24) is 14.8 Å². The first-order valence-corrected chi connectivity index (χ1v) is 9.65. The molecule has 0 saturated carbocycles. The summed E-state index contributed by atoms with van der Waals surface area (Å²) in [6.07, 6.45) is -0.782. The molecule has 7 heteroatoms. The first-order chi connectivity index (χ1) is 13.3. The molecule has 1 atom stereocenters. The SMILES string of the molecule is CC1(Cc2ccccc2C(F)(F)F)CCCN1C(=O)c1ccn2c1CNCC2. The Kier molecular flexibility index (Phi) is 4.73. The molecule has 4 nitrogen and oxygen atoms in total. The Morgan fingerprint density at radius 2 is 2.00 bits per heavy atom. The van der Waals surface area contributed by atoms with E-state index in [4.69, 9.17) is 0 Å². The smallest absolute Gasteiger partial charge is 0.348 e. The second-order valence-corrected chi connectivity index (χ2v) is 7.94. The van der Waals surface area contributed by atoms with Crippen molar-refractivity contribution >= 4 is 5.91 Å². The second-order valence-electron chi connectivity index (χ2n) is 7.94. The number of hydrogen-bond donors (Lipinski definition) is 1. The molecule has 1 aromatic heterocycles. The molecule has 1 N–H and O–H groups in total. The van der Waals surface area contributed by atoms with Crippen molar-refractivity contribution in [2.75, 3.05) is 13.1 Å². The maximum Gasteiger partial charge on any atom is 0.416 e. The van der Waals surface area contributed by atoms with Crippen LogP contribution in [0.2, 0.25) is 0 Å². The maximum absolute atomic E-state index is 13.4. The fourth-order valence-electron chi connectivity index (χ4n) is 4.57. The Labute approximate surface area is 162 Å². The monoisotopic (exact) mass is 391 g/mol. The standard InChI is InChI=1S/C21H24F3N3O/c1-20(13-15-5-2-3-6-17(15)21(22,23)24)8-4-10-27(20)19(28)16-7-11-26-12-9-25-14-18(16)26/h2-3,5-7,11,25H,4,8-10,12-14H2,1H3. The first-order valence-electron chi connectivity index (χ1n) is 9.65. The van der Waals surface area contributed by atoms with Crippen molar-refractivity contribution in [3.63, 3.8) is 0 Å². The van der Waals surface area contributed by atoms with E-state index in [0.717, 1.165) is 31.3 Å². The summed E-state index contributed by atoms with van der Waals surface area (Å²) in [7, 11) is 0. The molecular weight excluding hydrogens is 367 g/mol. The molecule has 1 fully saturated rings. The number of halogens is 3. The van der Waals surface area contributed by atoms with Crippen LogP contribution < -0.4 is 5.32 Å². The average Bonchev–Trinajstić information content (AvgIpc) is 3.24. The summed E-state index contributed by atoms with van der Waals surface area (Å²) in [5.74, 6) is -0.0815. The van der Waals surface area contributed by atoms with E-state index in [1.807, 2.05) is 19.2 Å². The van der Waals surface area contributed by atoms with Crippen LogP contribution >= 0.6 is 0 Å². The highest BCUT2D eigenvalue weighted by Gasteiger charge is 2.43. The van der Waals surface area contributed by atoms with E-state index in [2.05, 4.69) is 9.88 Å². The highest BCUT2D eigenvalue weighted by atomic mass is 19.4. The lowest BCUT2D eigenvalue weighted by Crippen LogP contribution is -2.47. The van der Waals surface area contributed by atoms with E-state index in [1.54, 1.807) is 11.0 Å². The highest BCUT2D eigenvalue weighted by Crippen LogP contribution is 2.38. The lowest BCUT2D eigenvalue weighted by Gasteiger charge is -2.36. The zero-order chi connectivity index (χ0) is 19.9. The third-order valence-electron chi connectivity index (χ3n) is 6.02. The Morgan fingerprint density at radius 1 is 1.21 bits per heavy atom. The van der Waals surface area contributed by atoms with Gasteiger partial charge in [0.05, 0.1) is 11.1 Å². The van der Waals surface area contributed by atoms with Crippen molar-refractivity contribution in [3.8, 4) is 0 Å². The number of carbonyl (C=O) groups excluding carboxylic acids is 1. The summed E-state index contributed by atoms with van der Waals surface area (Å²) in [6.45, 7) is 4.80. The van der Waals surface area contributed by atoms with Crippen molar-refractivity contribution in [1.29, 1.82) is 0 Å². The molecule has 2 aromatic rings. The molecule has 3 heterocycles. The molecule has 0 aliphatic carbocycles. The van der Waals surface area contributed by atoms with Gasteiger partial charge in [0, 0.05) is 43.6 Å². The lowest BCUT2D eigenvalue weighted by molar-refractivity contribution is -0.138. The second kappa shape index (κ2) is 6.95. The van der Waals surface area contributed by atoms with Gasteiger partial charge in [-0.05, 0) is 43.9 Å². The van der Waals surface area contributed by atoms with E-state index in [1.165, 1.54) is 12.1 Å². The van der Waals surface area contributed by atoms with Gasteiger partial charge in [-0.3, -0.25) is 4.79 Å². The van der Waals surface area contributed by atoms with Gasteiger partial charge in [0.2, 0.25) is 0 Å². The Balaban J connectivity index is 1.63. The minimum atomic E-state index is -4.40. The number of rotatable bonds is 3. The van der Waals surface area contributed by atoms with Crippen LogP contribution in [0.1, 0.15) is 46.9 Å². The van der Waals surface area contributed by atoms with E-state index < -0.39 is 17.3 Å². The predicted molar refractivity (Wildman–Crippen MR) is 100.0 cm³/mol. The molecule has 1 amide bonds. The van der Waals surface area contributed by atoms with Gasteiger partial charge in [0.15, 0.2) is 0 Å². The molecule has 1 unspecified atom stereocenters. The minimum Gasteiger partial charge on any atom is -0.348 e. The zero-order valence-corrected chi connectivity index (χ0v) is 15.9. The predicted octanol–water partition coefficient (Wildman–Crippen LogP) is 3.85. The number of alkyl halides is 3. The molecule has 2 aliphatic rings. The Morgan fingerprint density at radius 3 is 2.79 bits per heavy atom. The molecule has 150 valence electrons. The normalized spacial score (nSPS) is 22.4. The molecule has 0 bridgehead atoms. The van der Waals surface area contributed by atoms with E-state index in [-0.39, 0.29) is 17.9 Å². The summed E-state index contributed by atoms with van der Waals surface area (Å²) in [5, 5.41) is 3.28. The van der Waals surface area contributed by atoms with E-state index in [9.17, 15) is 18.0 Å².